The molecule has 0 radical (unpaired) electrons. The van der Waals surface area contributed by atoms with Crippen molar-refractivity contribution in [2.45, 2.75) is 39.2 Å². The highest BCUT2D eigenvalue weighted by atomic mass is 16.3. The van der Waals surface area contributed by atoms with Gasteiger partial charge in [-0.2, -0.15) is 0 Å². The lowest BCUT2D eigenvalue weighted by atomic mass is 9.96. The maximum Gasteiger partial charge on any atom is 0.0773 e. The third kappa shape index (κ3) is 3.85. The number of hydrogen-bond acceptors (Lipinski definition) is 2. The van der Waals surface area contributed by atoms with E-state index in [4.69, 9.17) is 10.2 Å². The van der Waals surface area contributed by atoms with Gasteiger partial charge in [0.05, 0.1) is 12.7 Å². The fourth-order valence-electron chi connectivity index (χ4n) is 1.08. The Morgan fingerprint density at radius 1 is 1.20 bits per heavy atom. The molecule has 0 aromatic heterocycles. The van der Waals surface area contributed by atoms with Gasteiger partial charge >= 0.3 is 0 Å². The first-order valence-corrected chi connectivity index (χ1v) is 4.03. The Bertz CT molecular complexity index is 69.7. The van der Waals surface area contributed by atoms with Crippen LogP contribution < -0.4 is 0 Å². The number of aliphatic hydroxyl groups excluding tert-OH is 2. The average molecular weight is 146 g/mol. The predicted octanol–water partition coefficient (Wildman–Crippen LogP) is 1.17. The van der Waals surface area contributed by atoms with E-state index in [1.807, 2.05) is 0 Å². The Morgan fingerprint density at radius 2 is 1.70 bits per heavy atom. The number of hydrogen-bond donors (Lipinski definition) is 2. The van der Waals surface area contributed by atoms with Crippen molar-refractivity contribution >= 4 is 0 Å². The number of aliphatic hydroxyl groups is 2. The lowest BCUT2D eigenvalue weighted by molar-refractivity contribution is 0.0728. The summed E-state index contributed by atoms with van der Waals surface area (Å²) in [6.45, 7) is 4.12. The Hall–Kier alpha value is -0.0800. The molecule has 0 saturated carbocycles. The summed E-state index contributed by atoms with van der Waals surface area (Å²) in [7, 11) is 0. The summed E-state index contributed by atoms with van der Waals surface area (Å²) in [5.41, 5.74) is 0. The van der Waals surface area contributed by atoms with Gasteiger partial charge < -0.3 is 10.2 Å². The zero-order valence-corrected chi connectivity index (χ0v) is 6.88. The van der Waals surface area contributed by atoms with Crippen LogP contribution in [-0.4, -0.2) is 22.9 Å². The van der Waals surface area contributed by atoms with Crippen molar-refractivity contribution in [3.63, 3.8) is 0 Å². The van der Waals surface area contributed by atoms with Crippen LogP contribution in [-0.2, 0) is 0 Å². The maximum atomic E-state index is 9.04. The molecule has 0 aromatic carbocycles. The van der Waals surface area contributed by atoms with E-state index in [0.717, 1.165) is 19.3 Å². The Labute approximate surface area is 62.9 Å². The van der Waals surface area contributed by atoms with Crippen LogP contribution >= 0.6 is 0 Å². The molecule has 0 fully saturated rings. The highest BCUT2D eigenvalue weighted by Crippen LogP contribution is 2.14. The molecule has 0 bridgehead atoms. The van der Waals surface area contributed by atoms with E-state index >= 15 is 0 Å². The molecule has 0 aliphatic heterocycles. The third-order valence-electron chi connectivity index (χ3n) is 1.97. The van der Waals surface area contributed by atoms with Crippen LogP contribution in [0.3, 0.4) is 0 Å². The molecule has 62 valence electrons. The zero-order chi connectivity index (χ0) is 7.98. The van der Waals surface area contributed by atoms with Crippen LogP contribution in [0.2, 0.25) is 0 Å². The van der Waals surface area contributed by atoms with Crippen LogP contribution in [0.5, 0.6) is 0 Å². The monoisotopic (exact) mass is 146 g/mol. The van der Waals surface area contributed by atoms with Gasteiger partial charge in [-0.15, -0.1) is 0 Å². The maximum absolute atomic E-state index is 9.04. The highest BCUT2D eigenvalue weighted by Gasteiger charge is 2.09. The summed E-state index contributed by atoms with van der Waals surface area (Å²) >= 11 is 0. The fraction of sp³-hybridized carbons (Fsp3) is 1.00. The highest BCUT2D eigenvalue weighted by molar-refractivity contribution is 4.61. The van der Waals surface area contributed by atoms with Gasteiger partial charge in [-0.05, 0) is 12.3 Å². The molecule has 2 N–H and O–H groups in total. The first-order valence-electron chi connectivity index (χ1n) is 4.03. The van der Waals surface area contributed by atoms with Crippen molar-refractivity contribution in [3.8, 4) is 0 Å². The summed E-state index contributed by atoms with van der Waals surface area (Å²) in [6.07, 6.45) is 2.41. The summed E-state index contributed by atoms with van der Waals surface area (Å²) in [4.78, 5) is 0. The molecule has 0 amide bonds. The third-order valence-corrected chi connectivity index (χ3v) is 1.97. The van der Waals surface area contributed by atoms with Crippen molar-refractivity contribution in [1.82, 2.24) is 0 Å². The zero-order valence-electron chi connectivity index (χ0n) is 6.88. The summed E-state index contributed by atoms with van der Waals surface area (Å²) < 4.78 is 0. The van der Waals surface area contributed by atoms with E-state index < -0.39 is 6.10 Å². The molecule has 0 aliphatic rings. The minimum Gasteiger partial charge on any atom is -0.394 e. The Kier molecular flexibility index (Phi) is 5.64. The lowest BCUT2D eigenvalue weighted by Crippen LogP contribution is -2.16. The molecule has 0 rings (SSSR count). The molecule has 1 atom stereocenters. The summed E-state index contributed by atoms with van der Waals surface area (Å²) in [5, 5.41) is 17.6. The van der Waals surface area contributed by atoms with E-state index in [9.17, 15) is 0 Å². The van der Waals surface area contributed by atoms with Crippen molar-refractivity contribution in [3.05, 3.63) is 0 Å². The molecule has 1 unspecified atom stereocenters. The molecule has 0 heterocycles. The van der Waals surface area contributed by atoms with E-state index in [1.165, 1.54) is 0 Å². The van der Waals surface area contributed by atoms with Gasteiger partial charge in [0.25, 0.3) is 0 Å². The van der Waals surface area contributed by atoms with Gasteiger partial charge in [0.1, 0.15) is 0 Å². The first kappa shape index (κ1) is 9.92. The molecular weight excluding hydrogens is 128 g/mol. The van der Waals surface area contributed by atoms with Crippen molar-refractivity contribution in [2.75, 3.05) is 6.61 Å². The molecular formula is C8H18O2. The van der Waals surface area contributed by atoms with E-state index in [2.05, 4.69) is 13.8 Å². The largest absolute Gasteiger partial charge is 0.394 e. The second-order valence-electron chi connectivity index (χ2n) is 2.75. The number of rotatable bonds is 5. The predicted molar refractivity (Wildman–Crippen MR) is 41.8 cm³/mol. The van der Waals surface area contributed by atoms with E-state index in [-0.39, 0.29) is 6.61 Å². The minimum atomic E-state index is -0.509. The molecule has 10 heavy (non-hydrogen) atoms. The van der Waals surface area contributed by atoms with Crippen LogP contribution in [0.25, 0.3) is 0 Å². The van der Waals surface area contributed by atoms with E-state index in [1.54, 1.807) is 0 Å². The van der Waals surface area contributed by atoms with Crippen LogP contribution in [0.1, 0.15) is 33.1 Å². The van der Waals surface area contributed by atoms with E-state index in [0.29, 0.717) is 5.92 Å². The molecule has 0 saturated heterocycles. The van der Waals surface area contributed by atoms with Gasteiger partial charge in [0.15, 0.2) is 0 Å². The van der Waals surface area contributed by atoms with Gasteiger partial charge in [0, 0.05) is 0 Å². The average Bonchev–Trinajstić information content (AvgIpc) is 1.99. The lowest BCUT2D eigenvalue weighted by Gasteiger charge is -2.14. The molecule has 2 heteroatoms. The molecule has 0 spiro atoms. The van der Waals surface area contributed by atoms with Gasteiger partial charge in [-0.25, -0.2) is 0 Å². The summed E-state index contributed by atoms with van der Waals surface area (Å²) in [5.74, 6) is 0.571. The van der Waals surface area contributed by atoms with Crippen LogP contribution in [0.15, 0.2) is 0 Å². The second-order valence-corrected chi connectivity index (χ2v) is 2.75. The van der Waals surface area contributed by atoms with Crippen LogP contribution in [0, 0.1) is 5.92 Å². The normalized spacial score (nSPS) is 14.1. The van der Waals surface area contributed by atoms with Gasteiger partial charge in [0.2, 0.25) is 0 Å². The summed E-state index contributed by atoms with van der Waals surface area (Å²) in [6, 6.07) is 0. The standard InChI is InChI=1S/C8H18O2/c1-3-7(4-2)5-8(10)6-9/h7-10H,3-6H2,1-2H3. The SMILES string of the molecule is CCC(CC)CC(O)CO. The Morgan fingerprint density at radius 3 is 2.00 bits per heavy atom. The minimum absolute atomic E-state index is 0.101. The molecule has 2 nitrogen and oxygen atoms in total. The second kappa shape index (κ2) is 5.69. The molecule has 0 aliphatic carbocycles. The van der Waals surface area contributed by atoms with Crippen LogP contribution in [0.4, 0.5) is 0 Å². The smallest absolute Gasteiger partial charge is 0.0773 e. The molecule has 0 aromatic rings. The topological polar surface area (TPSA) is 40.5 Å². The fourth-order valence-corrected chi connectivity index (χ4v) is 1.08. The van der Waals surface area contributed by atoms with Crippen molar-refractivity contribution in [2.24, 2.45) is 5.92 Å². The van der Waals surface area contributed by atoms with Crippen molar-refractivity contribution < 1.29 is 10.2 Å². The van der Waals surface area contributed by atoms with Crippen molar-refractivity contribution in [1.29, 1.82) is 0 Å². The van der Waals surface area contributed by atoms with Gasteiger partial charge in [-0.3, -0.25) is 0 Å². The van der Waals surface area contributed by atoms with Gasteiger partial charge in [-0.1, -0.05) is 26.7 Å². The first-order chi connectivity index (χ1) is 4.74. The quantitative estimate of drug-likeness (QED) is 0.611. The Balaban J connectivity index is 3.41.